The topological polar surface area (TPSA) is 44.5 Å². The Balaban J connectivity index is 2.37. The summed E-state index contributed by atoms with van der Waals surface area (Å²) in [7, 11) is 0. The summed E-state index contributed by atoms with van der Waals surface area (Å²) in [6.07, 6.45) is 7.30. The van der Waals surface area contributed by atoms with E-state index in [0.717, 1.165) is 12.8 Å². The molecule has 0 atom stereocenters. The van der Waals surface area contributed by atoms with E-state index >= 15 is 0 Å². The molecular formula is C11H23NO2. The third-order valence-electron chi connectivity index (χ3n) is 3.04. The van der Waals surface area contributed by atoms with Gasteiger partial charge in [-0.05, 0) is 19.8 Å². The van der Waals surface area contributed by atoms with Crippen LogP contribution in [0.4, 0.5) is 0 Å². The number of hydrogen-bond acceptors (Lipinski definition) is 3. The van der Waals surface area contributed by atoms with Crippen molar-refractivity contribution < 1.29 is 9.47 Å². The van der Waals surface area contributed by atoms with Gasteiger partial charge >= 0.3 is 0 Å². The molecule has 0 amide bonds. The fourth-order valence-corrected chi connectivity index (χ4v) is 2.03. The quantitative estimate of drug-likeness (QED) is 0.420. The van der Waals surface area contributed by atoms with Gasteiger partial charge in [0.2, 0.25) is 0 Å². The molecule has 0 bridgehead atoms. The molecule has 3 heteroatoms. The average molecular weight is 201 g/mol. The minimum Gasteiger partial charge on any atom is -0.356 e. The smallest absolute Gasteiger partial charge is 0.147 e. The Morgan fingerprint density at radius 1 is 1.14 bits per heavy atom. The van der Waals surface area contributed by atoms with Gasteiger partial charge in [-0.2, -0.15) is 0 Å². The first-order valence-electron chi connectivity index (χ1n) is 5.75. The fourth-order valence-electron chi connectivity index (χ4n) is 2.03. The summed E-state index contributed by atoms with van der Waals surface area (Å²) >= 11 is 0. The van der Waals surface area contributed by atoms with Crippen LogP contribution in [-0.4, -0.2) is 25.5 Å². The summed E-state index contributed by atoms with van der Waals surface area (Å²) in [6, 6.07) is 0. The maximum atomic E-state index is 5.81. The predicted octanol–water partition coefficient (Wildman–Crippen LogP) is 2.05. The van der Waals surface area contributed by atoms with Gasteiger partial charge in [0, 0.05) is 13.2 Å². The van der Waals surface area contributed by atoms with Crippen molar-refractivity contribution >= 4 is 0 Å². The lowest BCUT2D eigenvalue weighted by atomic mass is 9.94. The second-order valence-corrected chi connectivity index (χ2v) is 4.06. The molecule has 0 radical (unpaired) electrons. The number of hydrogen-bond donors (Lipinski definition) is 1. The molecule has 84 valence electrons. The Hall–Kier alpha value is -0.120. The Bertz CT molecular complexity index is 142. The summed E-state index contributed by atoms with van der Waals surface area (Å²) in [5.41, 5.74) is 5.72. The Kier molecular flexibility index (Phi) is 5.45. The van der Waals surface area contributed by atoms with Crippen molar-refractivity contribution in [2.24, 2.45) is 5.73 Å². The Morgan fingerprint density at radius 3 is 2.29 bits per heavy atom. The van der Waals surface area contributed by atoms with Crippen LogP contribution in [-0.2, 0) is 9.47 Å². The molecule has 1 aliphatic carbocycles. The van der Waals surface area contributed by atoms with Crippen molar-refractivity contribution in [3.63, 3.8) is 0 Å². The molecule has 0 aromatic heterocycles. The molecule has 0 saturated heterocycles. The zero-order valence-electron chi connectivity index (χ0n) is 9.26. The van der Waals surface area contributed by atoms with E-state index in [1.807, 2.05) is 6.92 Å². The van der Waals surface area contributed by atoms with E-state index in [1.54, 1.807) is 0 Å². The second-order valence-electron chi connectivity index (χ2n) is 4.06. The highest BCUT2D eigenvalue weighted by atomic mass is 16.7. The molecule has 0 aromatic carbocycles. The highest BCUT2D eigenvalue weighted by Gasteiger charge is 2.30. The standard InChI is InChI=1S/C11H23NO2/c1-2-13-10-14-11(9-12)7-5-3-4-6-8-11/h2-10,12H2,1H3. The van der Waals surface area contributed by atoms with Crippen LogP contribution in [0.5, 0.6) is 0 Å². The van der Waals surface area contributed by atoms with Gasteiger partial charge in [-0.1, -0.05) is 25.7 Å². The van der Waals surface area contributed by atoms with Gasteiger partial charge < -0.3 is 15.2 Å². The van der Waals surface area contributed by atoms with Crippen LogP contribution in [0.1, 0.15) is 45.4 Å². The van der Waals surface area contributed by atoms with Crippen molar-refractivity contribution in [3.8, 4) is 0 Å². The zero-order chi connectivity index (χ0) is 10.3. The van der Waals surface area contributed by atoms with Gasteiger partial charge in [-0.15, -0.1) is 0 Å². The molecule has 1 fully saturated rings. The molecule has 1 rings (SSSR count). The lowest BCUT2D eigenvalue weighted by Crippen LogP contribution is -2.41. The van der Waals surface area contributed by atoms with E-state index < -0.39 is 0 Å². The van der Waals surface area contributed by atoms with Gasteiger partial charge in [0.15, 0.2) is 0 Å². The summed E-state index contributed by atoms with van der Waals surface area (Å²) in [5.74, 6) is 0. The van der Waals surface area contributed by atoms with Gasteiger partial charge in [0.1, 0.15) is 6.79 Å². The first-order chi connectivity index (χ1) is 6.83. The summed E-state index contributed by atoms with van der Waals surface area (Å²) < 4.78 is 11.0. The van der Waals surface area contributed by atoms with Crippen molar-refractivity contribution in [3.05, 3.63) is 0 Å². The van der Waals surface area contributed by atoms with Crippen LogP contribution < -0.4 is 5.73 Å². The van der Waals surface area contributed by atoms with E-state index in [1.165, 1.54) is 25.7 Å². The van der Waals surface area contributed by atoms with Gasteiger partial charge in [-0.3, -0.25) is 0 Å². The molecule has 3 nitrogen and oxygen atoms in total. The number of rotatable bonds is 5. The van der Waals surface area contributed by atoms with Gasteiger partial charge in [0.05, 0.1) is 5.60 Å². The van der Waals surface area contributed by atoms with E-state index in [2.05, 4.69) is 0 Å². The third-order valence-corrected chi connectivity index (χ3v) is 3.04. The number of ether oxygens (including phenoxy) is 2. The predicted molar refractivity (Wildman–Crippen MR) is 57.1 cm³/mol. The molecular weight excluding hydrogens is 178 g/mol. The molecule has 14 heavy (non-hydrogen) atoms. The van der Waals surface area contributed by atoms with Gasteiger partial charge in [-0.25, -0.2) is 0 Å². The Labute approximate surface area is 86.9 Å². The van der Waals surface area contributed by atoms with Crippen molar-refractivity contribution in [1.29, 1.82) is 0 Å². The lowest BCUT2D eigenvalue weighted by Gasteiger charge is -2.31. The molecule has 0 spiro atoms. The van der Waals surface area contributed by atoms with Crippen molar-refractivity contribution in [2.45, 2.75) is 51.0 Å². The normalized spacial score (nSPS) is 21.9. The minimum absolute atomic E-state index is 0.0916. The van der Waals surface area contributed by atoms with Crippen molar-refractivity contribution in [2.75, 3.05) is 19.9 Å². The summed E-state index contributed by atoms with van der Waals surface area (Å²) in [6.45, 7) is 3.71. The first kappa shape index (κ1) is 12.0. The van der Waals surface area contributed by atoms with E-state index in [-0.39, 0.29) is 5.60 Å². The lowest BCUT2D eigenvalue weighted by molar-refractivity contribution is -0.141. The van der Waals surface area contributed by atoms with Crippen molar-refractivity contribution in [1.82, 2.24) is 0 Å². The summed E-state index contributed by atoms with van der Waals surface area (Å²) in [5, 5.41) is 0. The Morgan fingerprint density at radius 2 is 1.79 bits per heavy atom. The molecule has 0 aromatic rings. The monoisotopic (exact) mass is 201 g/mol. The van der Waals surface area contributed by atoms with Crippen LogP contribution in [0, 0.1) is 0 Å². The zero-order valence-corrected chi connectivity index (χ0v) is 9.26. The largest absolute Gasteiger partial charge is 0.356 e. The fraction of sp³-hybridized carbons (Fsp3) is 1.00. The SMILES string of the molecule is CCOCOC1(CN)CCCCCC1. The molecule has 0 heterocycles. The summed E-state index contributed by atoms with van der Waals surface area (Å²) in [4.78, 5) is 0. The van der Waals surface area contributed by atoms with E-state index in [9.17, 15) is 0 Å². The van der Waals surface area contributed by atoms with E-state index in [0.29, 0.717) is 19.9 Å². The molecule has 1 saturated carbocycles. The molecule has 2 N–H and O–H groups in total. The highest BCUT2D eigenvalue weighted by molar-refractivity contribution is 4.83. The van der Waals surface area contributed by atoms with Crippen LogP contribution >= 0.6 is 0 Å². The van der Waals surface area contributed by atoms with Crippen LogP contribution in [0.25, 0.3) is 0 Å². The third kappa shape index (κ3) is 3.56. The van der Waals surface area contributed by atoms with Crippen LogP contribution in [0.15, 0.2) is 0 Å². The minimum atomic E-state index is -0.0916. The molecule has 1 aliphatic rings. The van der Waals surface area contributed by atoms with Crippen LogP contribution in [0.3, 0.4) is 0 Å². The second kappa shape index (κ2) is 6.38. The maximum absolute atomic E-state index is 5.81. The molecule has 0 unspecified atom stereocenters. The highest BCUT2D eigenvalue weighted by Crippen LogP contribution is 2.29. The maximum Gasteiger partial charge on any atom is 0.147 e. The van der Waals surface area contributed by atoms with Crippen LogP contribution in [0.2, 0.25) is 0 Å². The first-order valence-corrected chi connectivity index (χ1v) is 5.75. The van der Waals surface area contributed by atoms with E-state index in [4.69, 9.17) is 15.2 Å². The average Bonchev–Trinajstić information content (AvgIpc) is 2.45. The molecule has 0 aliphatic heterocycles. The number of nitrogens with two attached hydrogens (primary N) is 1. The van der Waals surface area contributed by atoms with Gasteiger partial charge in [0.25, 0.3) is 0 Å².